The molecule has 0 aliphatic heterocycles. The quantitative estimate of drug-likeness (QED) is 0.449. The fourth-order valence-corrected chi connectivity index (χ4v) is 2.64. The number of hydrogen-bond donors (Lipinski definition) is 0. The van der Waals surface area contributed by atoms with Crippen LogP contribution in [0.1, 0.15) is 26.7 Å². The molecule has 0 amide bonds. The molecule has 0 aromatic rings. The maximum Gasteiger partial charge on any atom is 0.321 e. The van der Waals surface area contributed by atoms with Gasteiger partial charge in [0.05, 0.1) is 6.07 Å². The molecule has 0 N–H and O–H groups in total. The SMILES string of the molecule is CCO[SiH](CCCC#N)OCC. The van der Waals surface area contributed by atoms with Crippen LogP contribution in [0.4, 0.5) is 0 Å². The fraction of sp³-hybridized carbons (Fsp3) is 0.875. The predicted octanol–water partition coefficient (Wildman–Crippen LogP) is 1.58. The van der Waals surface area contributed by atoms with Crippen molar-refractivity contribution in [3.8, 4) is 6.07 Å². The third-order valence-corrected chi connectivity index (χ3v) is 3.72. The van der Waals surface area contributed by atoms with Crippen molar-refractivity contribution in [1.82, 2.24) is 0 Å². The largest absolute Gasteiger partial charge is 0.397 e. The number of nitriles is 1. The van der Waals surface area contributed by atoms with Crippen LogP contribution in [0.15, 0.2) is 0 Å². The van der Waals surface area contributed by atoms with Crippen LogP contribution in [-0.4, -0.2) is 22.5 Å². The molecule has 0 saturated carbocycles. The second-order valence-corrected chi connectivity index (χ2v) is 4.49. The lowest BCUT2D eigenvalue weighted by atomic mass is 10.4. The molecule has 0 atom stereocenters. The molecule has 0 unspecified atom stereocenters. The Morgan fingerprint density at radius 3 is 2.25 bits per heavy atom. The average Bonchev–Trinajstić information content (AvgIpc) is 2.06. The lowest BCUT2D eigenvalue weighted by Gasteiger charge is -2.13. The van der Waals surface area contributed by atoms with E-state index in [0.29, 0.717) is 6.42 Å². The van der Waals surface area contributed by atoms with Crippen LogP contribution in [0.5, 0.6) is 0 Å². The molecule has 0 spiro atoms. The Hall–Kier alpha value is -0.373. The number of rotatable bonds is 7. The van der Waals surface area contributed by atoms with Gasteiger partial charge in [-0.3, -0.25) is 0 Å². The van der Waals surface area contributed by atoms with Gasteiger partial charge in [-0.05, 0) is 26.3 Å². The first-order valence-corrected chi connectivity index (χ1v) is 6.21. The zero-order valence-corrected chi connectivity index (χ0v) is 9.03. The van der Waals surface area contributed by atoms with E-state index in [2.05, 4.69) is 6.07 Å². The van der Waals surface area contributed by atoms with Crippen LogP contribution in [0.25, 0.3) is 0 Å². The van der Waals surface area contributed by atoms with Crippen LogP contribution >= 0.6 is 0 Å². The first kappa shape index (κ1) is 11.6. The van der Waals surface area contributed by atoms with Crippen LogP contribution < -0.4 is 0 Å². The number of unbranched alkanes of at least 4 members (excludes halogenated alkanes) is 1. The average molecular weight is 187 g/mol. The van der Waals surface area contributed by atoms with Crippen molar-refractivity contribution in [2.45, 2.75) is 32.7 Å². The molecular formula is C8H17NO2Si. The summed E-state index contributed by atoms with van der Waals surface area (Å²) in [6.07, 6.45) is 1.52. The van der Waals surface area contributed by atoms with Gasteiger partial charge in [0.2, 0.25) is 0 Å². The van der Waals surface area contributed by atoms with Gasteiger partial charge in [0, 0.05) is 19.6 Å². The van der Waals surface area contributed by atoms with E-state index < -0.39 is 9.28 Å². The molecule has 0 fully saturated rings. The first-order valence-electron chi connectivity index (χ1n) is 4.45. The lowest BCUT2D eigenvalue weighted by Crippen LogP contribution is -2.22. The van der Waals surface area contributed by atoms with E-state index in [1.807, 2.05) is 13.8 Å². The molecule has 0 aromatic heterocycles. The monoisotopic (exact) mass is 187 g/mol. The molecule has 0 rings (SSSR count). The van der Waals surface area contributed by atoms with Crippen molar-refractivity contribution in [3.63, 3.8) is 0 Å². The van der Waals surface area contributed by atoms with E-state index in [-0.39, 0.29) is 0 Å². The molecule has 0 heterocycles. The molecule has 0 saturated heterocycles. The standard InChI is InChI=1S/C8H17NO2Si/c1-3-10-12(11-4-2)8-6-5-7-9/h12H,3-6,8H2,1-2H3. The van der Waals surface area contributed by atoms with Crippen molar-refractivity contribution in [2.75, 3.05) is 13.2 Å². The fourth-order valence-electron chi connectivity index (χ4n) is 0.934. The second-order valence-electron chi connectivity index (χ2n) is 2.39. The Labute approximate surface area is 76.1 Å². The van der Waals surface area contributed by atoms with Gasteiger partial charge >= 0.3 is 9.28 Å². The zero-order chi connectivity index (χ0) is 9.23. The molecule has 3 nitrogen and oxygen atoms in total. The minimum Gasteiger partial charge on any atom is -0.397 e. The summed E-state index contributed by atoms with van der Waals surface area (Å²) in [6.45, 7) is 5.40. The van der Waals surface area contributed by atoms with Crippen LogP contribution in [0.2, 0.25) is 6.04 Å². The Balaban J connectivity index is 3.42. The molecule has 4 heteroatoms. The van der Waals surface area contributed by atoms with E-state index in [4.69, 9.17) is 14.1 Å². The van der Waals surface area contributed by atoms with Crippen molar-refractivity contribution >= 4 is 9.28 Å². The van der Waals surface area contributed by atoms with Crippen molar-refractivity contribution in [3.05, 3.63) is 0 Å². The summed E-state index contributed by atoms with van der Waals surface area (Å²) in [6, 6.07) is 3.07. The number of nitrogens with zero attached hydrogens (tertiary/aromatic N) is 1. The van der Waals surface area contributed by atoms with Crippen molar-refractivity contribution in [2.24, 2.45) is 0 Å². The second kappa shape index (κ2) is 8.72. The van der Waals surface area contributed by atoms with Gasteiger partial charge in [0.15, 0.2) is 0 Å². The molecule has 0 aliphatic carbocycles. The molecule has 0 aromatic carbocycles. The van der Waals surface area contributed by atoms with E-state index in [0.717, 1.165) is 25.7 Å². The van der Waals surface area contributed by atoms with E-state index >= 15 is 0 Å². The highest BCUT2D eigenvalue weighted by Gasteiger charge is 2.10. The molecule has 70 valence electrons. The van der Waals surface area contributed by atoms with E-state index in [1.165, 1.54) is 0 Å². The smallest absolute Gasteiger partial charge is 0.321 e. The number of hydrogen-bond acceptors (Lipinski definition) is 3. The molecule has 0 aliphatic rings. The Morgan fingerprint density at radius 1 is 1.25 bits per heavy atom. The van der Waals surface area contributed by atoms with Gasteiger partial charge in [0.25, 0.3) is 0 Å². The van der Waals surface area contributed by atoms with Gasteiger partial charge < -0.3 is 8.85 Å². The van der Waals surface area contributed by atoms with Crippen LogP contribution in [-0.2, 0) is 8.85 Å². The Kier molecular flexibility index (Phi) is 8.45. The van der Waals surface area contributed by atoms with Gasteiger partial charge in [-0.15, -0.1) is 0 Å². The van der Waals surface area contributed by atoms with E-state index in [1.54, 1.807) is 0 Å². The molecule has 12 heavy (non-hydrogen) atoms. The summed E-state index contributed by atoms with van der Waals surface area (Å²) in [5.74, 6) is 0. The third kappa shape index (κ3) is 6.34. The predicted molar refractivity (Wildman–Crippen MR) is 50.1 cm³/mol. The summed E-state index contributed by atoms with van der Waals surface area (Å²) >= 11 is 0. The topological polar surface area (TPSA) is 42.2 Å². The Bertz CT molecular complexity index is 130. The van der Waals surface area contributed by atoms with Crippen molar-refractivity contribution < 1.29 is 8.85 Å². The highest BCUT2D eigenvalue weighted by molar-refractivity contribution is 6.44. The highest BCUT2D eigenvalue weighted by atomic mass is 28.3. The third-order valence-electron chi connectivity index (χ3n) is 1.43. The first-order chi connectivity index (χ1) is 5.85. The molecule has 0 bridgehead atoms. The summed E-state index contributed by atoms with van der Waals surface area (Å²) in [4.78, 5) is 0. The molecule has 0 radical (unpaired) electrons. The molecular weight excluding hydrogens is 170 g/mol. The minimum atomic E-state index is -1.42. The highest BCUT2D eigenvalue weighted by Crippen LogP contribution is 2.03. The summed E-state index contributed by atoms with van der Waals surface area (Å²) in [5, 5.41) is 8.32. The maximum absolute atomic E-state index is 8.32. The lowest BCUT2D eigenvalue weighted by molar-refractivity contribution is 0.213. The summed E-state index contributed by atoms with van der Waals surface area (Å²) < 4.78 is 10.9. The summed E-state index contributed by atoms with van der Waals surface area (Å²) in [5.41, 5.74) is 0. The zero-order valence-electron chi connectivity index (χ0n) is 7.88. The van der Waals surface area contributed by atoms with Gasteiger partial charge in [-0.2, -0.15) is 5.26 Å². The van der Waals surface area contributed by atoms with Crippen molar-refractivity contribution in [1.29, 1.82) is 5.26 Å². The van der Waals surface area contributed by atoms with Gasteiger partial charge in [0.1, 0.15) is 0 Å². The normalized spacial score (nSPS) is 10.2. The van der Waals surface area contributed by atoms with Crippen LogP contribution in [0.3, 0.4) is 0 Å². The summed E-state index contributed by atoms with van der Waals surface area (Å²) in [7, 11) is -1.42. The van der Waals surface area contributed by atoms with E-state index in [9.17, 15) is 0 Å². The minimum absolute atomic E-state index is 0.615. The van der Waals surface area contributed by atoms with Gasteiger partial charge in [-0.25, -0.2) is 0 Å². The Morgan fingerprint density at radius 2 is 1.83 bits per heavy atom. The van der Waals surface area contributed by atoms with Crippen LogP contribution in [0, 0.1) is 11.3 Å². The van der Waals surface area contributed by atoms with Gasteiger partial charge in [-0.1, -0.05) is 0 Å². The maximum atomic E-state index is 8.32.